The number of hydrogen-bond donors (Lipinski definition) is 18. The van der Waals surface area contributed by atoms with E-state index >= 15 is 28.8 Å². The SMILES string of the molecule is CCCC[C@H]1C(=O)N[C@@H](CCCNC(=N)N)C(=O)N[C@H](C(=O)NCC(N)=O)CSCC(=O)N[C@@H](Cc2ccccc2)C(=O)N(C)[C@@H](C)C(=O)N[C@@H](CC(N)=O)C(=O)N2CCC[C@H]2C(=O)N[C@@H](Cc2cnc[nH]2)C(=O)N[C@@H](CC(C)C)C(=O)N(C)CC(=O)C[C@@H](Cc2c[nH]c3ccccc23)C(=O)N[C@@H](CO)C(=O)N[C@@H](Cc2c[nH]c3ccccc23)C(=O)C[C@@H](CCc2ccccc2)C(=O)N1C. The van der Waals surface area contributed by atoms with E-state index in [2.05, 4.69) is 73.1 Å². The molecule has 0 radical (unpaired) electrons. The first-order valence-electron chi connectivity index (χ1n) is 45.3. The number of thioether (sulfide) groups is 1. The summed E-state index contributed by atoms with van der Waals surface area (Å²) < 4.78 is 0. The van der Waals surface area contributed by atoms with Gasteiger partial charge >= 0.3 is 0 Å². The molecule has 0 unspecified atom stereocenters. The Hall–Kier alpha value is -13.9. The van der Waals surface area contributed by atoms with Crippen molar-refractivity contribution in [2.75, 3.05) is 65.4 Å². The zero-order valence-corrected chi connectivity index (χ0v) is 77.8. The molecular weight excluding hydrogens is 1760 g/mol. The molecule has 15 amide bonds. The van der Waals surface area contributed by atoms with Gasteiger partial charge in [0.25, 0.3) is 0 Å². The van der Waals surface area contributed by atoms with Gasteiger partial charge in [-0.2, -0.15) is 0 Å². The average Bonchev–Trinajstić information content (AvgIpc) is 1.73. The highest BCUT2D eigenvalue weighted by molar-refractivity contribution is 8.00. The topological polar surface area (TPSA) is 606 Å². The van der Waals surface area contributed by atoms with Crippen LogP contribution in [-0.2, 0) is 114 Å². The maximum absolute atomic E-state index is 15.7. The van der Waals surface area contributed by atoms with Crippen molar-refractivity contribution in [3.63, 3.8) is 0 Å². The molecule has 726 valence electrons. The van der Waals surface area contributed by atoms with Crippen LogP contribution in [-0.4, -0.2) is 283 Å². The Morgan fingerprint density at radius 1 is 0.563 bits per heavy atom. The van der Waals surface area contributed by atoms with Gasteiger partial charge in [-0.25, -0.2) is 4.98 Å². The number of amides is 15. The number of aromatic nitrogens is 4. The lowest BCUT2D eigenvalue weighted by Gasteiger charge is -2.32. The van der Waals surface area contributed by atoms with Crippen molar-refractivity contribution < 1.29 is 86.6 Å². The summed E-state index contributed by atoms with van der Waals surface area (Å²) in [5, 5.41) is 47.1. The maximum Gasteiger partial charge on any atom is 0.246 e. The molecule has 9 rings (SSSR count). The molecule has 5 heterocycles. The van der Waals surface area contributed by atoms with E-state index in [0.717, 1.165) is 32.0 Å². The Morgan fingerprint density at radius 2 is 1.16 bits per heavy atom. The number of likely N-dealkylation sites (N-methyl/N-ethyl adjacent to an activating group) is 3. The zero-order chi connectivity index (χ0) is 98.1. The fraction of sp³-hybridized carbons (Fsp3) is 0.479. The number of fused-ring (bicyclic) bond motifs is 3. The number of nitrogens with two attached hydrogens (primary N) is 3. The number of nitrogens with one attached hydrogen (secondary N) is 14. The molecule has 2 aliphatic rings. The van der Waals surface area contributed by atoms with Crippen molar-refractivity contribution in [1.29, 1.82) is 5.41 Å². The van der Waals surface area contributed by atoms with Gasteiger partial charge in [-0.1, -0.05) is 131 Å². The highest BCUT2D eigenvalue weighted by Crippen LogP contribution is 2.28. The van der Waals surface area contributed by atoms with Gasteiger partial charge < -0.3 is 110 Å². The second-order valence-corrected chi connectivity index (χ2v) is 35.8. The second kappa shape index (κ2) is 51.4. The fourth-order valence-corrected chi connectivity index (χ4v) is 17.4. The minimum absolute atomic E-state index is 0.00162. The van der Waals surface area contributed by atoms with E-state index < -0.39 is 235 Å². The standard InChI is InChI=1S/C94H126N22O18S/c1-8-9-31-76-88(129)106-68(30-20-35-100-94(97)98)85(126)112-75(84(125)103-48-80(96)121)51-135-52-81(122)105-72(38-57-24-14-11-15-25-57)92(133)114(6)55(4)82(123)109-73(44-79(95)120)93(134)116-36-21-32-77(116)89(130)108-70(43-62-47-99-53-104-62)86(127)110-71(37-54(2)3)91(132)113(5)49-63(118)40-59(39-60-45-101-66-28-18-16-26-64(60)66)83(124)111-74(50-117)87(128)107-69(41-61-46-102-67-29-19-17-27-65(61)67)78(119)42-58(90(131)115(76)7)34-33-56-22-12-10-13-23-56/h10-19,22-29,45-47,53-55,58-59,68-77,101-102,117H,8-9,20-21,30-44,48-52H2,1-7H3,(H2,95,120)(H2,96,121)(H,99,104)(H,103,125)(H,105,122)(H,106,129)(H,107,128)(H,108,130)(H,109,123)(H,110,127)(H,111,124)(H,112,126)(H4,97,98,100)/t55-,58+,59+,68-,69-,70-,71-,72-,73-,74-,75-,76-,77-/m0/s1. The molecule has 2 aliphatic heterocycles. The van der Waals surface area contributed by atoms with Crippen LogP contribution < -0.4 is 70.4 Å². The van der Waals surface area contributed by atoms with E-state index in [1.54, 1.807) is 123 Å². The molecule has 41 heteroatoms. The van der Waals surface area contributed by atoms with Crippen LogP contribution in [0.25, 0.3) is 21.8 Å². The van der Waals surface area contributed by atoms with E-state index in [9.17, 15) is 57.8 Å². The van der Waals surface area contributed by atoms with Gasteiger partial charge in [0.1, 0.15) is 60.4 Å². The lowest BCUT2D eigenvalue weighted by molar-refractivity contribution is -0.145. The van der Waals surface area contributed by atoms with Crippen molar-refractivity contribution in [2.24, 2.45) is 35.0 Å². The summed E-state index contributed by atoms with van der Waals surface area (Å²) in [5.41, 5.74) is 21.0. The first-order chi connectivity index (χ1) is 64.5. The summed E-state index contributed by atoms with van der Waals surface area (Å²) >= 11 is 0.798. The molecule has 135 heavy (non-hydrogen) atoms. The Bertz CT molecular complexity index is 5330. The number of aliphatic hydroxyl groups is 1. The van der Waals surface area contributed by atoms with Gasteiger partial charge in [-0.3, -0.25) is 86.9 Å². The van der Waals surface area contributed by atoms with Crippen LogP contribution in [0.5, 0.6) is 0 Å². The van der Waals surface area contributed by atoms with Crippen molar-refractivity contribution in [3.05, 3.63) is 162 Å². The summed E-state index contributed by atoms with van der Waals surface area (Å²) in [6.07, 6.45) is 4.52. The molecule has 2 saturated heterocycles. The number of para-hydroxylation sites is 2. The zero-order valence-electron chi connectivity index (χ0n) is 77.0. The highest BCUT2D eigenvalue weighted by Gasteiger charge is 2.44. The van der Waals surface area contributed by atoms with E-state index in [1.807, 2.05) is 19.1 Å². The number of aryl methyl sites for hydroxylation is 1. The van der Waals surface area contributed by atoms with E-state index in [4.69, 9.17) is 22.6 Å². The first-order valence-corrected chi connectivity index (χ1v) is 46.5. The number of ketones is 2. The Labute approximate surface area is 786 Å². The fourth-order valence-electron chi connectivity index (χ4n) is 16.6. The van der Waals surface area contributed by atoms with Crippen LogP contribution in [0.2, 0.25) is 0 Å². The quantitative estimate of drug-likeness (QED) is 0.0195. The number of guanidine groups is 1. The Balaban J connectivity index is 1.09. The molecule has 13 atom stereocenters. The lowest BCUT2D eigenvalue weighted by Crippen LogP contribution is -2.60. The first kappa shape index (κ1) is 105. The molecule has 0 aliphatic carbocycles. The normalized spacial score (nSPS) is 23.3. The van der Waals surface area contributed by atoms with Crippen LogP contribution in [0.15, 0.2) is 134 Å². The molecule has 7 aromatic rings. The summed E-state index contributed by atoms with van der Waals surface area (Å²) in [4.78, 5) is 267. The van der Waals surface area contributed by atoms with Gasteiger partial charge in [0.15, 0.2) is 17.5 Å². The van der Waals surface area contributed by atoms with Crippen LogP contribution in [0.4, 0.5) is 0 Å². The van der Waals surface area contributed by atoms with E-state index in [1.165, 1.54) is 45.5 Å². The lowest BCUT2D eigenvalue weighted by atomic mass is 9.89. The number of primary amides is 2. The number of nitrogens with zero attached hydrogens (tertiary/aromatic N) is 5. The van der Waals surface area contributed by atoms with Crippen molar-refractivity contribution in [1.82, 2.24) is 92.7 Å². The minimum atomic E-state index is -1.80. The number of unbranched alkanes of at least 4 members (excludes halogenated alkanes) is 1. The average molecular weight is 1880 g/mol. The van der Waals surface area contributed by atoms with Crippen LogP contribution >= 0.6 is 11.8 Å². The van der Waals surface area contributed by atoms with Crippen LogP contribution in [0, 0.1) is 23.2 Å². The second-order valence-electron chi connectivity index (χ2n) is 34.8. The van der Waals surface area contributed by atoms with Crippen molar-refractivity contribution >= 4 is 140 Å². The van der Waals surface area contributed by atoms with E-state index in [0.29, 0.717) is 57.0 Å². The molecule has 2 fully saturated rings. The molecule has 40 nitrogen and oxygen atoms in total. The number of aromatic amines is 3. The summed E-state index contributed by atoms with van der Waals surface area (Å²) in [5.74, 6) is -19.0. The molecule has 0 bridgehead atoms. The molecule has 21 N–H and O–H groups in total. The van der Waals surface area contributed by atoms with Crippen molar-refractivity contribution in [2.45, 2.75) is 203 Å². The predicted molar refractivity (Wildman–Crippen MR) is 503 cm³/mol. The monoisotopic (exact) mass is 1880 g/mol. The minimum Gasteiger partial charge on any atom is -0.394 e. The highest BCUT2D eigenvalue weighted by atomic mass is 32.2. The number of imidazole rings is 1. The number of Topliss-reactive ketones (excluding diaryl/α,β-unsaturated/α-hetero) is 2. The summed E-state index contributed by atoms with van der Waals surface area (Å²) in [6, 6.07) is 15.2. The number of hydrogen-bond acceptors (Lipinski definition) is 21. The van der Waals surface area contributed by atoms with Crippen molar-refractivity contribution in [3.8, 4) is 0 Å². The number of rotatable bonds is 26. The molecule has 0 spiro atoms. The Morgan fingerprint density at radius 3 is 1.79 bits per heavy atom. The van der Waals surface area contributed by atoms with Crippen LogP contribution in [0.3, 0.4) is 0 Å². The molecule has 3 aromatic heterocycles. The maximum atomic E-state index is 15.7. The molecule has 0 saturated carbocycles. The summed E-state index contributed by atoms with van der Waals surface area (Å²) in [6.45, 7) is 4.26. The van der Waals surface area contributed by atoms with Crippen LogP contribution in [0.1, 0.15) is 133 Å². The van der Waals surface area contributed by atoms with Gasteiger partial charge in [0.05, 0.1) is 44.2 Å². The third-order valence-electron chi connectivity index (χ3n) is 24.0. The predicted octanol–water partition coefficient (Wildman–Crippen LogP) is 0.144. The number of benzene rings is 4. The number of aliphatic hydroxyl groups excluding tert-OH is 1. The molecular formula is C94H126N22O18S. The third kappa shape index (κ3) is 31.1. The van der Waals surface area contributed by atoms with E-state index in [-0.39, 0.29) is 96.1 Å². The summed E-state index contributed by atoms with van der Waals surface area (Å²) in [7, 11) is 3.96. The van der Waals surface area contributed by atoms with Gasteiger partial charge in [-0.15, -0.1) is 11.8 Å². The van der Waals surface area contributed by atoms with Gasteiger partial charge in [0.2, 0.25) is 88.6 Å². The van der Waals surface area contributed by atoms with Gasteiger partial charge in [0, 0.05) is 130 Å². The number of carbonyl (C=O) groups excluding carboxylic acids is 17. The molecule has 4 aromatic carbocycles. The smallest absolute Gasteiger partial charge is 0.246 e. The largest absolute Gasteiger partial charge is 0.394 e. The number of carbonyl (C=O) groups is 17. The van der Waals surface area contributed by atoms with Gasteiger partial charge in [-0.05, 0) is 105 Å². The third-order valence-corrected chi connectivity index (χ3v) is 25.0. The number of H-pyrrole nitrogens is 3. The Kier molecular flexibility index (Phi) is 39.9.